The lowest BCUT2D eigenvalue weighted by Gasteiger charge is -2.12. The molecule has 1 aromatic carbocycles. The van der Waals surface area contributed by atoms with E-state index in [1.165, 1.54) is 5.56 Å². The van der Waals surface area contributed by atoms with Crippen molar-refractivity contribution < 1.29 is 9.47 Å². The molecule has 106 valence electrons. The summed E-state index contributed by atoms with van der Waals surface area (Å²) in [6.07, 6.45) is 0. The number of rotatable bonds is 6. The second-order valence-electron chi connectivity index (χ2n) is 4.15. The first-order valence-corrected chi connectivity index (χ1v) is 6.28. The molecule has 0 amide bonds. The quantitative estimate of drug-likeness (QED) is 0.463. The third-order valence-electron chi connectivity index (χ3n) is 2.74. The standard InChI is InChI=1S/C14H23N3O2/c1-11-9-12(5-6-13(11)19-4)10-17-14(15-2)16-7-8-18-3/h5-6,9H,7-8,10H2,1-4H3,(H2,15,16,17). The Morgan fingerprint density at radius 3 is 2.63 bits per heavy atom. The van der Waals surface area contributed by atoms with Crippen LogP contribution >= 0.6 is 0 Å². The topological polar surface area (TPSA) is 54.9 Å². The summed E-state index contributed by atoms with van der Waals surface area (Å²) in [5.74, 6) is 1.68. The molecule has 0 radical (unpaired) electrons. The van der Waals surface area contributed by atoms with Crippen molar-refractivity contribution in [2.75, 3.05) is 34.4 Å². The lowest BCUT2D eigenvalue weighted by atomic mass is 10.1. The van der Waals surface area contributed by atoms with Gasteiger partial charge in [0.25, 0.3) is 0 Å². The number of hydrogen-bond donors (Lipinski definition) is 2. The fourth-order valence-electron chi connectivity index (χ4n) is 1.73. The largest absolute Gasteiger partial charge is 0.496 e. The molecule has 1 aromatic rings. The summed E-state index contributed by atoms with van der Waals surface area (Å²) in [4.78, 5) is 4.15. The van der Waals surface area contributed by atoms with Crippen LogP contribution in [0.15, 0.2) is 23.2 Å². The molecule has 2 N–H and O–H groups in total. The Balaban J connectivity index is 2.48. The molecule has 1 rings (SSSR count). The molecule has 0 aliphatic heterocycles. The summed E-state index contributed by atoms with van der Waals surface area (Å²) in [5, 5.41) is 6.42. The summed E-state index contributed by atoms with van der Waals surface area (Å²) >= 11 is 0. The van der Waals surface area contributed by atoms with Gasteiger partial charge in [-0.1, -0.05) is 12.1 Å². The molecule has 5 heteroatoms. The van der Waals surface area contributed by atoms with Crippen molar-refractivity contribution in [3.63, 3.8) is 0 Å². The molecule has 0 saturated carbocycles. The number of nitrogens with one attached hydrogen (secondary N) is 2. The van der Waals surface area contributed by atoms with Crippen molar-refractivity contribution in [1.82, 2.24) is 10.6 Å². The van der Waals surface area contributed by atoms with E-state index < -0.39 is 0 Å². The van der Waals surface area contributed by atoms with Crippen LogP contribution in [0.25, 0.3) is 0 Å². The second kappa shape index (κ2) is 8.37. The minimum atomic E-state index is 0.655. The average Bonchev–Trinajstić information content (AvgIpc) is 2.43. The lowest BCUT2D eigenvalue weighted by molar-refractivity contribution is 0.203. The molecule has 0 aromatic heterocycles. The molecule has 0 bridgehead atoms. The molecule has 0 aliphatic carbocycles. The van der Waals surface area contributed by atoms with E-state index in [1.54, 1.807) is 21.3 Å². The van der Waals surface area contributed by atoms with Crippen LogP contribution in [-0.2, 0) is 11.3 Å². The van der Waals surface area contributed by atoms with Crippen LogP contribution in [0.1, 0.15) is 11.1 Å². The predicted molar refractivity (Wildman–Crippen MR) is 77.8 cm³/mol. The van der Waals surface area contributed by atoms with E-state index in [0.29, 0.717) is 6.61 Å². The van der Waals surface area contributed by atoms with Crippen molar-refractivity contribution in [2.24, 2.45) is 4.99 Å². The smallest absolute Gasteiger partial charge is 0.191 e. The minimum absolute atomic E-state index is 0.655. The molecule has 0 saturated heterocycles. The number of guanidine groups is 1. The Bertz CT molecular complexity index is 419. The number of methoxy groups -OCH3 is 2. The molecule has 0 atom stereocenters. The highest BCUT2D eigenvalue weighted by Gasteiger charge is 2.01. The third kappa shape index (κ3) is 5.18. The van der Waals surface area contributed by atoms with Gasteiger partial charge in [-0.3, -0.25) is 4.99 Å². The summed E-state index contributed by atoms with van der Waals surface area (Å²) in [5.41, 5.74) is 2.32. The molecular weight excluding hydrogens is 242 g/mol. The molecule has 0 aliphatic rings. The van der Waals surface area contributed by atoms with Gasteiger partial charge >= 0.3 is 0 Å². The van der Waals surface area contributed by atoms with Crippen LogP contribution in [0, 0.1) is 6.92 Å². The van der Waals surface area contributed by atoms with E-state index in [9.17, 15) is 0 Å². The van der Waals surface area contributed by atoms with Gasteiger partial charge in [0.2, 0.25) is 0 Å². The highest BCUT2D eigenvalue weighted by Crippen LogP contribution is 2.18. The van der Waals surface area contributed by atoms with Gasteiger partial charge in [-0.15, -0.1) is 0 Å². The van der Waals surface area contributed by atoms with Crippen LogP contribution in [0.5, 0.6) is 5.75 Å². The van der Waals surface area contributed by atoms with Crippen molar-refractivity contribution in [1.29, 1.82) is 0 Å². The first kappa shape index (κ1) is 15.3. The van der Waals surface area contributed by atoms with E-state index in [4.69, 9.17) is 9.47 Å². The zero-order chi connectivity index (χ0) is 14.1. The number of aliphatic imine (C=N–C) groups is 1. The highest BCUT2D eigenvalue weighted by atomic mass is 16.5. The van der Waals surface area contributed by atoms with Crippen molar-refractivity contribution in [3.05, 3.63) is 29.3 Å². The maximum absolute atomic E-state index is 5.24. The molecular formula is C14H23N3O2. The van der Waals surface area contributed by atoms with E-state index in [0.717, 1.165) is 30.4 Å². The number of hydrogen-bond acceptors (Lipinski definition) is 3. The summed E-state index contributed by atoms with van der Waals surface area (Å²) in [7, 11) is 5.11. The van der Waals surface area contributed by atoms with Gasteiger partial charge in [-0.2, -0.15) is 0 Å². The fraction of sp³-hybridized carbons (Fsp3) is 0.500. The molecule has 0 heterocycles. The van der Waals surface area contributed by atoms with Crippen LogP contribution in [0.2, 0.25) is 0 Å². The first-order chi connectivity index (χ1) is 9.21. The van der Waals surface area contributed by atoms with Gasteiger partial charge in [0.15, 0.2) is 5.96 Å². The highest BCUT2D eigenvalue weighted by molar-refractivity contribution is 5.79. The van der Waals surface area contributed by atoms with Crippen LogP contribution in [0.4, 0.5) is 0 Å². The lowest BCUT2D eigenvalue weighted by Crippen LogP contribution is -2.38. The predicted octanol–water partition coefficient (Wildman–Crippen LogP) is 1.32. The first-order valence-electron chi connectivity index (χ1n) is 6.28. The SMILES string of the molecule is CN=C(NCCOC)NCc1ccc(OC)c(C)c1. The third-order valence-corrected chi connectivity index (χ3v) is 2.74. The maximum Gasteiger partial charge on any atom is 0.191 e. The monoisotopic (exact) mass is 265 g/mol. The van der Waals surface area contributed by atoms with E-state index in [-0.39, 0.29) is 0 Å². The van der Waals surface area contributed by atoms with E-state index >= 15 is 0 Å². The number of benzene rings is 1. The van der Waals surface area contributed by atoms with E-state index in [1.807, 2.05) is 19.1 Å². The van der Waals surface area contributed by atoms with Crippen LogP contribution in [0.3, 0.4) is 0 Å². The summed E-state index contributed by atoms with van der Waals surface area (Å²) in [6, 6.07) is 6.13. The summed E-state index contributed by atoms with van der Waals surface area (Å²) in [6.45, 7) is 4.14. The Morgan fingerprint density at radius 1 is 1.26 bits per heavy atom. The Labute approximate surface area is 115 Å². The van der Waals surface area contributed by atoms with Crippen molar-refractivity contribution >= 4 is 5.96 Å². The van der Waals surface area contributed by atoms with Gasteiger partial charge in [0, 0.05) is 27.2 Å². The molecule has 0 spiro atoms. The molecule has 5 nitrogen and oxygen atoms in total. The van der Waals surface area contributed by atoms with Gasteiger partial charge in [-0.05, 0) is 24.1 Å². The maximum atomic E-state index is 5.24. The van der Waals surface area contributed by atoms with Gasteiger partial charge in [-0.25, -0.2) is 0 Å². The molecule has 19 heavy (non-hydrogen) atoms. The Kier molecular flexibility index (Phi) is 6.74. The number of ether oxygens (including phenoxy) is 2. The van der Waals surface area contributed by atoms with E-state index in [2.05, 4.69) is 21.7 Å². The van der Waals surface area contributed by atoms with Gasteiger partial charge < -0.3 is 20.1 Å². The molecule has 0 unspecified atom stereocenters. The average molecular weight is 265 g/mol. The Morgan fingerprint density at radius 2 is 2.05 bits per heavy atom. The fourth-order valence-corrected chi connectivity index (χ4v) is 1.73. The van der Waals surface area contributed by atoms with Crippen molar-refractivity contribution in [2.45, 2.75) is 13.5 Å². The van der Waals surface area contributed by atoms with Gasteiger partial charge in [0.05, 0.1) is 13.7 Å². The van der Waals surface area contributed by atoms with Crippen LogP contribution in [-0.4, -0.2) is 40.4 Å². The normalized spacial score (nSPS) is 11.3. The molecule has 0 fully saturated rings. The van der Waals surface area contributed by atoms with Crippen molar-refractivity contribution in [3.8, 4) is 5.75 Å². The van der Waals surface area contributed by atoms with Crippen LogP contribution < -0.4 is 15.4 Å². The zero-order valence-electron chi connectivity index (χ0n) is 12.1. The number of nitrogens with zero attached hydrogens (tertiary/aromatic N) is 1. The number of aryl methyl sites for hydroxylation is 1. The Hall–Kier alpha value is -1.75. The zero-order valence-corrected chi connectivity index (χ0v) is 12.1. The minimum Gasteiger partial charge on any atom is -0.496 e. The summed E-state index contributed by atoms with van der Waals surface area (Å²) < 4.78 is 10.2. The van der Waals surface area contributed by atoms with Gasteiger partial charge in [0.1, 0.15) is 5.75 Å². The second-order valence-corrected chi connectivity index (χ2v) is 4.15.